The van der Waals surface area contributed by atoms with Crippen molar-refractivity contribution in [1.82, 2.24) is 29.8 Å². The molecule has 0 saturated carbocycles. The molecule has 0 amide bonds. The van der Waals surface area contributed by atoms with Gasteiger partial charge in [0.2, 0.25) is 0 Å². The Morgan fingerprint density at radius 2 is 2.10 bits per heavy atom. The van der Waals surface area contributed by atoms with Crippen LogP contribution in [0.3, 0.4) is 0 Å². The average molecular weight is 453 g/mol. The van der Waals surface area contributed by atoms with Crippen molar-refractivity contribution in [1.29, 1.82) is 0 Å². The highest BCUT2D eigenvalue weighted by atomic mass is 35.5. The third kappa shape index (κ3) is 4.66. The molecule has 0 aliphatic carbocycles. The van der Waals surface area contributed by atoms with Crippen LogP contribution in [-0.2, 0) is 17.7 Å². The second-order valence-electron chi connectivity index (χ2n) is 7.88. The Morgan fingerprint density at radius 3 is 2.80 bits per heavy atom. The van der Waals surface area contributed by atoms with Gasteiger partial charge in [0.05, 0.1) is 26.0 Å². The smallest absolute Gasteiger partial charge is 0.180 e. The number of benzene rings is 1. The molecule has 1 saturated heterocycles. The van der Waals surface area contributed by atoms with Crippen LogP contribution >= 0.6 is 23.2 Å². The minimum Gasteiger partial charge on any atom is -0.376 e. The molecule has 30 heavy (non-hydrogen) atoms. The Hall–Kier alpha value is -2.03. The summed E-state index contributed by atoms with van der Waals surface area (Å²) in [5.41, 5.74) is 1.39. The third-order valence-corrected chi connectivity index (χ3v) is 5.65. The lowest BCUT2D eigenvalue weighted by Gasteiger charge is -2.09. The van der Waals surface area contributed by atoms with Crippen LogP contribution in [0.1, 0.15) is 37.7 Å². The summed E-state index contributed by atoms with van der Waals surface area (Å²) in [4.78, 5) is 4.70. The molecule has 0 N–H and O–H groups in total. The van der Waals surface area contributed by atoms with E-state index in [1.54, 1.807) is 23.0 Å². The summed E-state index contributed by atoms with van der Waals surface area (Å²) in [6, 6.07) is 4.88. The number of ether oxygens (including phenoxy) is 1. The maximum Gasteiger partial charge on any atom is 0.180 e. The summed E-state index contributed by atoms with van der Waals surface area (Å²) < 4.78 is 22.5. The quantitative estimate of drug-likeness (QED) is 0.531. The van der Waals surface area contributed by atoms with Gasteiger partial charge in [-0.05, 0) is 30.0 Å². The molecular formula is C20H23Cl2FN6O. The minimum atomic E-state index is -1.10. The largest absolute Gasteiger partial charge is 0.376 e. The fraction of sp³-hybridized carbons (Fsp3) is 0.500. The number of hydrogen-bond donors (Lipinski definition) is 0. The molecule has 1 aliphatic heterocycles. The van der Waals surface area contributed by atoms with Crippen molar-refractivity contribution in [2.24, 2.45) is 5.92 Å². The Kier molecular flexibility index (Phi) is 6.36. The van der Waals surface area contributed by atoms with Crippen LogP contribution in [0.5, 0.6) is 0 Å². The van der Waals surface area contributed by atoms with Gasteiger partial charge in [0.15, 0.2) is 11.6 Å². The highest BCUT2D eigenvalue weighted by Gasteiger charge is 2.31. The van der Waals surface area contributed by atoms with E-state index in [1.165, 1.54) is 4.68 Å². The maximum atomic E-state index is 14.0. The van der Waals surface area contributed by atoms with Crippen LogP contribution < -0.4 is 0 Å². The van der Waals surface area contributed by atoms with Crippen LogP contribution in [0.25, 0.3) is 11.5 Å². The van der Waals surface area contributed by atoms with Crippen molar-refractivity contribution in [2.45, 2.75) is 45.4 Å². The first-order chi connectivity index (χ1) is 14.4. The highest BCUT2D eigenvalue weighted by molar-refractivity contribution is 6.35. The Bertz CT molecular complexity index is 1020. The predicted octanol–water partition coefficient (Wildman–Crippen LogP) is 4.39. The number of nitrogens with zero attached hydrogens (tertiary/aromatic N) is 6. The fourth-order valence-electron chi connectivity index (χ4n) is 3.32. The molecule has 1 aromatic carbocycles. The van der Waals surface area contributed by atoms with E-state index in [2.05, 4.69) is 29.3 Å². The van der Waals surface area contributed by atoms with Crippen LogP contribution in [-0.4, -0.2) is 49.1 Å². The Balaban J connectivity index is 1.66. The number of aromatic nitrogens is 6. The lowest BCUT2D eigenvalue weighted by Crippen LogP contribution is -2.19. The number of halogens is 3. The summed E-state index contributed by atoms with van der Waals surface area (Å²) in [6.07, 6.45) is 2.32. The van der Waals surface area contributed by atoms with Gasteiger partial charge >= 0.3 is 0 Å². The van der Waals surface area contributed by atoms with Gasteiger partial charge in [-0.2, -0.15) is 5.10 Å². The average Bonchev–Trinajstić information content (AvgIpc) is 3.41. The fourth-order valence-corrected chi connectivity index (χ4v) is 3.79. The zero-order valence-electron chi connectivity index (χ0n) is 16.8. The molecule has 0 radical (unpaired) electrons. The van der Waals surface area contributed by atoms with E-state index < -0.39 is 12.2 Å². The van der Waals surface area contributed by atoms with Gasteiger partial charge in [0, 0.05) is 16.5 Å². The van der Waals surface area contributed by atoms with Crippen molar-refractivity contribution >= 4 is 23.2 Å². The van der Waals surface area contributed by atoms with Gasteiger partial charge in [-0.1, -0.05) is 48.3 Å². The van der Waals surface area contributed by atoms with E-state index in [9.17, 15) is 4.39 Å². The zero-order chi connectivity index (χ0) is 21.3. The molecule has 1 aliphatic rings. The Morgan fingerprint density at radius 1 is 1.27 bits per heavy atom. The summed E-state index contributed by atoms with van der Waals surface area (Å²) in [5.74, 6) is 1.84. The summed E-state index contributed by atoms with van der Waals surface area (Å²) in [6.45, 7) is 5.08. The summed E-state index contributed by atoms with van der Waals surface area (Å²) >= 11 is 12.4. The molecule has 7 nitrogen and oxygen atoms in total. The molecule has 0 unspecified atom stereocenters. The van der Waals surface area contributed by atoms with Crippen LogP contribution in [0.15, 0.2) is 24.4 Å². The molecule has 1 fully saturated rings. The molecular weight excluding hydrogens is 430 g/mol. The van der Waals surface area contributed by atoms with Crippen molar-refractivity contribution in [3.63, 3.8) is 0 Å². The first-order valence-electron chi connectivity index (χ1n) is 9.92. The second-order valence-corrected chi connectivity index (χ2v) is 8.73. The third-order valence-electron chi connectivity index (χ3n) is 5.06. The van der Waals surface area contributed by atoms with Gasteiger partial charge in [0.1, 0.15) is 17.9 Å². The second kappa shape index (κ2) is 8.99. The van der Waals surface area contributed by atoms with E-state index in [4.69, 9.17) is 32.9 Å². The van der Waals surface area contributed by atoms with Crippen molar-refractivity contribution in [2.75, 3.05) is 13.2 Å². The van der Waals surface area contributed by atoms with Gasteiger partial charge in [0.25, 0.3) is 0 Å². The van der Waals surface area contributed by atoms with Crippen molar-refractivity contribution in [3.05, 3.63) is 45.8 Å². The van der Waals surface area contributed by atoms with E-state index >= 15 is 0 Å². The molecule has 3 heterocycles. The van der Waals surface area contributed by atoms with E-state index in [1.807, 2.05) is 6.07 Å². The number of rotatable bonds is 7. The highest BCUT2D eigenvalue weighted by Crippen LogP contribution is 2.26. The molecule has 160 valence electrons. The molecule has 2 atom stereocenters. The monoisotopic (exact) mass is 452 g/mol. The number of alkyl halides is 1. The van der Waals surface area contributed by atoms with Crippen molar-refractivity contribution in [3.8, 4) is 11.5 Å². The predicted molar refractivity (Wildman–Crippen MR) is 113 cm³/mol. The zero-order valence-corrected chi connectivity index (χ0v) is 18.3. The Labute approximate surface area is 184 Å². The summed E-state index contributed by atoms with van der Waals surface area (Å²) in [7, 11) is 0. The molecule has 10 heteroatoms. The molecule has 0 spiro atoms. The lowest BCUT2D eigenvalue weighted by molar-refractivity contribution is 0.172. The summed E-state index contributed by atoms with van der Waals surface area (Å²) in [5, 5.41) is 14.1. The van der Waals surface area contributed by atoms with Crippen LogP contribution in [0.2, 0.25) is 10.0 Å². The van der Waals surface area contributed by atoms with Crippen LogP contribution in [0.4, 0.5) is 4.39 Å². The molecule has 3 aromatic rings. The SMILES string of the molecule is CC(C)CCc1nc(-c2cn([C@@H]3COC[C@@H]3F)nn2)n(Cc2ccc(Cl)cc2Cl)n1. The molecule has 2 aromatic heterocycles. The molecule has 4 rings (SSSR count). The van der Waals surface area contributed by atoms with Gasteiger partial charge < -0.3 is 4.74 Å². The first kappa shape index (κ1) is 21.2. The topological polar surface area (TPSA) is 70.7 Å². The molecule has 0 bridgehead atoms. The standard InChI is InChI=1S/C20H23Cl2FN6O/c1-12(2)3-6-19-24-20(17-9-28(27-25-17)18-11-30-10-16(18)23)29(26-19)8-13-4-5-14(21)7-15(13)22/h4-5,7,9,12,16,18H,3,6,8,10-11H2,1-2H3/t16-,18+/m0/s1. The number of hydrogen-bond acceptors (Lipinski definition) is 5. The normalized spacial score (nSPS) is 19.1. The van der Waals surface area contributed by atoms with Crippen molar-refractivity contribution < 1.29 is 9.13 Å². The van der Waals surface area contributed by atoms with E-state index in [-0.39, 0.29) is 13.2 Å². The van der Waals surface area contributed by atoms with E-state index in [0.717, 1.165) is 24.2 Å². The minimum absolute atomic E-state index is 0.0739. The van der Waals surface area contributed by atoms with Gasteiger partial charge in [-0.15, -0.1) is 5.10 Å². The lowest BCUT2D eigenvalue weighted by atomic mass is 10.1. The van der Waals surface area contributed by atoms with Crippen LogP contribution in [0, 0.1) is 5.92 Å². The van der Waals surface area contributed by atoms with Gasteiger partial charge in [-0.25, -0.2) is 18.7 Å². The number of aryl methyl sites for hydroxylation is 1. The maximum absolute atomic E-state index is 14.0. The van der Waals surface area contributed by atoms with E-state index in [0.29, 0.717) is 34.0 Å². The van der Waals surface area contributed by atoms with Gasteiger partial charge in [-0.3, -0.25) is 0 Å². The first-order valence-corrected chi connectivity index (χ1v) is 10.7.